The normalized spacial score (nSPS) is 15.0. The smallest absolute Gasteiger partial charge is 0.246 e. The number of hydrogen-bond acceptors (Lipinski definition) is 12. The molecule has 0 radical (unpaired) electrons. The molecule has 84 heavy (non-hydrogen) atoms. The molecule has 0 saturated carbocycles. The van der Waals surface area contributed by atoms with E-state index in [0.717, 1.165) is 66.5 Å². The molecule has 3 aromatic carbocycles. The van der Waals surface area contributed by atoms with Crippen LogP contribution in [0.3, 0.4) is 0 Å². The summed E-state index contributed by atoms with van der Waals surface area (Å²) in [5.74, 6) is -5.71. The third-order valence-electron chi connectivity index (χ3n) is 15.3. The van der Waals surface area contributed by atoms with Gasteiger partial charge >= 0.3 is 0 Å². The number of nitrogens with one attached hydrogen (secondary N) is 12. The number of benzene rings is 3. The summed E-state index contributed by atoms with van der Waals surface area (Å²) < 4.78 is 0. The third-order valence-corrected chi connectivity index (χ3v) is 15.3. The van der Waals surface area contributed by atoms with Crippen molar-refractivity contribution in [3.8, 4) is 0 Å². The van der Waals surface area contributed by atoms with Crippen molar-refractivity contribution >= 4 is 64.1 Å². The van der Waals surface area contributed by atoms with E-state index in [1.54, 1.807) is 46.0 Å². The van der Waals surface area contributed by atoms with Gasteiger partial charge in [-0.1, -0.05) is 99.6 Å². The van der Waals surface area contributed by atoms with E-state index >= 15 is 0 Å². The lowest BCUT2D eigenvalue weighted by molar-refractivity contribution is -0.140. The highest BCUT2D eigenvalue weighted by Crippen LogP contribution is 2.21. The Bertz CT molecular complexity index is 2830. The van der Waals surface area contributed by atoms with Gasteiger partial charge in [-0.25, -0.2) is 0 Å². The van der Waals surface area contributed by atoms with Crippen LogP contribution in [0.15, 0.2) is 91.1 Å². The van der Waals surface area contributed by atoms with Crippen LogP contribution in [0, 0.1) is 0 Å². The summed E-state index contributed by atoms with van der Waals surface area (Å²) in [6.07, 6.45) is 5.75. The topological polar surface area (TPSA) is 328 Å². The van der Waals surface area contributed by atoms with Gasteiger partial charge in [-0.05, 0) is 135 Å². The lowest BCUT2D eigenvalue weighted by atomic mass is 9.93. The maximum Gasteiger partial charge on any atom is 0.246 e. The van der Waals surface area contributed by atoms with Crippen LogP contribution in [0.1, 0.15) is 124 Å². The number of amides is 9. The zero-order chi connectivity index (χ0) is 62.1. The molecule has 7 unspecified atom stereocenters. The molecule has 0 aliphatic heterocycles. The largest absolute Gasteiger partial charge is 0.361 e. The first-order valence-electron chi connectivity index (χ1n) is 29.3. The number of rotatable bonds is 36. The number of unbranched alkanes of at least 4 members (excludes halogenated alkanes) is 1. The lowest BCUT2D eigenvalue weighted by Crippen LogP contribution is -2.66. The van der Waals surface area contributed by atoms with Crippen molar-refractivity contribution < 1.29 is 43.2 Å². The van der Waals surface area contributed by atoms with Gasteiger partial charge in [-0.3, -0.25) is 43.2 Å². The number of aromatic nitrogens is 1. The van der Waals surface area contributed by atoms with Crippen LogP contribution in [0.5, 0.6) is 0 Å². The summed E-state index contributed by atoms with van der Waals surface area (Å²) >= 11 is 0. The highest BCUT2D eigenvalue weighted by atomic mass is 16.2. The Hall–Kier alpha value is -7.69. The van der Waals surface area contributed by atoms with Crippen LogP contribution in [0.4, 0.5) is 0 Å². The van der Waals surface area contributed by atoms with E-state index in [1.165, 1.54) is 41.5 Å². The molecular weight excluding hydrogens is 1070 g/mol. The standard InChI is InChI=1S/C62H93N13O9/c1-11-60(8,72-52(78)41(4)68-55(81)59(6,7)75-58(84)62(10,13-3)74-53(79)49(69-42(5)76)36-44-27-18-15-19-28-44)56(82)67-40-51(77)71-50(37-45-38-66-48-30-21-20-29-47(45)48)54(80)73-61(9,12-2)57(83)70-46(35-43-25-16-14-17-26-43)39-65-34-24-33-64-32-23-22-31-63/h14-21,25-30,38,41,46,49-50,64-66H,11-13,22-24,31-37,39-40,63H2,1-10H3,(H,67,82)(H,68,81)(H,69,76)(H,70,83)(H,71,77)(H,72,78)(H,73,80)(H,74,79)(H,75,84). The van der Waals surface area contributed by atoms with Crippen LogP contribution in [-0.2, 0) is 62.4 Å². The molecule has 9 amide bonds. The second-order valence-electron chi connectivity index (χ2n) is 22.8. The monoisotopic (exact) mass is 1160 g/mol. The molecule has 1 aromatic heterocycles. The van der Waals surface area contributed by atoms with E-state index in [1.807, 2.05) is 72.8 Å². The molecule has 0 spiro atoms. The lowest BCUT2D eigenvalue weighted by Gasteiger charge is -2.35. The molecule has 7 atom stereocenters. The first-order chi connectivity index (χ1) is 39.8. The summed E-state index contributed by atoms with van der Waals surface area (Å²) in [6, 6.07) is 22.6. The predicted octanol–water partition coefficient (Wildman–Crippen LogP) is 2.35. The molecule has 22 heteroatoms. The maximum atomic E-state index is 14.5. The van der Waals surface area contributed by atoms with Crippen molar-refractivity contribution in [1.82, 2.24) is 63.5 Å². The Labute approximate surface area is 495 Å². The minimum atomic E-state index is -1.62. The van der Waals surface area contributed by atoms with E-state index < -0.39 is 100.0 Å². The molecule has 0 saturated heterocycles. The molecule has 4 aromatic rings. The first-order valence-corrected chi connectivity index (χ1v) is 29.3. The average Bonchev–Trinajstić information content (AvgIpc) is 4.07. The minimum absolute atomic E-state index is 0.0240. The van der Waals surface area contributed by atoms with E-state index in [0.29, 0.717) is 19.5 Å². The quantitative estimate of drug-likeness (QED) is 0.0292. The molecule has 4 rings (SSSR count). The molecule has 14 N–H and O–H groups in total. The second kappa shape index (κ2) is 33.0. The average molecular weight is 1160 g/mol. The number of H-pyrrole nitrogens is 1. The molecular formula is C62H93N13O9. The van der Waals surface area contributed by atoms with E-state index in [9.17, 15) is 43.2 Å². The Kier molecular flexibility index (Phi) is 27.0. The number of para-hydroxylation sites is 1. The van der Waals surface area contributed by atoms with Gasteiger partial charge in [-0.2, -0.15) is 0 Å². The number of nitrogens with two attached hydrogens (primary N) is 1. The Morgan fingerprint density at radius 3 is 1.65 bits per heavy atom. The van der Waals surface area contributed by atoms with Crippen LogP contribution in [0.2, 0.25) is 0 Å². The molecule has 0 aliphatic rings. The maximum absolute atomic E-state index is 14.5. The van der Waals surface area contributed by atoms with Crippen molar-refractivity contribution in [2.75, 3.05) is 39.3 Å². The van der Waals surface area contributed by atoms with E-state index in [-0.39, 0.29) is 38.1 Å². The fourth-order valence-electron chi connectivity index (χ4n) is 9.12. The highest BCUT2D eigenvalue weighted by molar-refractivity contribution is 6.00. The molecule has 22 nitrogen and oxygen atoms in total. The summed E-state index contributed by atoms with van der Waals surface area (Å²) in [5, 5.41) is 32.6. The van der Waals surface area contributed by atoms with Crippen LogP contribution >= 0.6 is 0 Å². The van der Waals surface area contributed by atoms with Crippen molar-refractivity contribution in [3.63, 3.8) is 0 Å². The van der Waals surface area contributed by atoms with Crippen molar-refractivity contribution in [1.29, 1.82) is 0 Å². The first kappa shape index (κ1) is 68.8. The summed E-state index contributed by atoms with van der Waals surface area (Å²) in [4.78, 5) is 127. The van der Waals surface area contributed by atoms with Crippen molar-refractivity contribution in [2.45, 2.75) is 173 Å². The van der Waals surface area contributed by atoms with Crippen molar-refractivity contribution in [3.05, 3.63) is 108 Å². The molecule has 0 bridgehead atoms. The van der Waals surface area contributed by atoms with Crippen LogP contribution in [-0.4, -0.2) is 144 Å². The second-order valence-corrected chi connectivity index (χ2v) is 22.8. The van der Waals surface area contributed by atoms with Crippen LogP contribution in [0.25, 0.3) is 10.9 Å². The number of carbonyl (C=O) groups excluding carboxylic acids is 9. The number of fused-ring (bicyclic) bond motifs is 1. The summed E-state index contributed by atoms with van der Waals surface area (Å²) in [6.45, 7) is 18.3. The summed E-state index contributed by atoms with van der Waals surface area (Å²) in [5.41, 5.74) is 2.83. The Balaban J connectivity index is 1.40. The van der Waals surface area contributed by atoms with Gasteiger partial charge in [0.25, 0.3) is 0 Å². The van der Waals surface area contributed by atoms with Gasteiger partial charge in [0, 0.05) is 49.5 Å². The zero-order valence-electron chi connectivity index (χ0n) is 50.8. The number of aromatic amines is 1. The van der Waals surface area contributed by atoms with Crippen molar-refractivity contribution in [2.24, 2.45) is 5.73 Å². The predicted molar refractivity (Wildman–Crippen MR) is 326 cm³/mol. The zero-order valence-corrected chi connectivity index (χ0v) is 50.8. The SMILES string of the molecule is CCC(C)(NC(=O)C(C)NC(=O)C(C)(C)NC(=O)C(C)(CC)NC(=O)C(Cc1ccccc1)NC(C)=O)C(=O)NCC(=O)NC(Cc1c[nH]c2ccccc12)C(=O)NC(C)(CC)C(=O)NC(CNCCCNCCCCN)Cc1ccccc1. The molecule has 460 valence electrons. The Morgan fingerprint density at radius 2 is 1.06 bits per heavy atom. The van der Waals surface area contributed by atoms with Gasteiger partial charge in [0.05, 0.1) is 6.54 Å². The Morgan fingerprint density at radius 1 is 0.536 bits per heavy atom. The van der Waals surface area contributed by atoms with E-state index in [2.05, 4.69) is 63.5 Å². The van der Waals surface area contributed by atoms with Gasteiger partial charge < -0.3 is 69.2 Å². The number of carbonyl (C=O) groups is 9. The van der Waals surface area contributed by atoms with Crippen LogP contribution < -0.4 is 64.2 Å². The third kappa shape index (κ3) is 21.2. The molecule has 0 fully saturated rings. The molecule has 1 heterocycles. The highest BCUT2D eigenvalue weighted by Gasteiger charge is 2.42. The van der Waals surface area contributed by atoms with E-state index in [4.69, 9.17) is 5.73 Å². The number of hydrogen-bond donors (Lipinski definition) is 13. The van der Waals surface area contributed by atoms with Gasteiger partial charge in [-0.15, -0.1) is 0 Å². The fraction of sp³-hybridized carbons (Fsp3) is 0.532. The van der Waals surface area contributed by atoms with Gasteiger partial charge in [0.15, 0.2) is 0 Å². The fourth-order valence-corrected chi connectivity index (χ4v) is 9.12. The summed E-state index contributed by atoms with van der Waals surface area (Å²) in [7, 11) is 0. The molecule has 0 aliphatic carbocycles. The van der Waals surface area contributed by atoms with Gasteiger partial charge in [0.2, 0.25) is 53.2 Å². The van der Waals surface area contributed by atoms with Gasteiger partial charge in [0.1, 0.15) is 40.3 Å². The minimum Gasteiger partial charge on any atom is -0.361 e.